The molecule has 5 radical (unpaired) electrons. The van der Waals surface area contributed by atoms with Crippen LogP contribution >= 0.6 is 0 Å². The van der Waals surface area contributed by atoms with Crippen molar-refractivity contribution in [3.8, 4) is 0 Å². The van der Waals surface area contributed by atoms with E-state index in [-0.39, 0.29) is 336 Å². The van der Waals surface area contributed by atoms with Gasteiger partial charge in [0.2, 0.25) is 0 Å². The van der Waals surface area contributed by atoms with Crippen LogP contribution in [-0.2, 0) is 145 Å². The molecule has 0 spiro atoms. The molecule has 0 aromatic heterocycles. The van der Waals surface area contributed by atoms with Crippen molar-refractivity contribution in [1.29, 1.82) is 0 Å². The van der Waals surface area contributed by atoms with E-state index in [0.717, 1.165) is 0 Å². The summed E-state index contributed by atoms with van der Waals surface area (Å²) in [7, 11) is -15.5. The average Bonchev–Trinajstić information content (AvgIpc) is 2.42. The summed E-state index contributed by atoms with van der Waals surface area (Å²) in [6, 6.07) is 0. The van der Waals surface area contributed by atoms with Crippen LogP contribution < -0.4 is 30.6 Å². The standard InChI is InChI=1S/3C2H2O4.5Al.5Fe.5Na.3H2O4S.3H2O.20H/c3*3-1(4)2(5)6;;;;;;;;;;;;;;;;3*1-5(2,3)4;;;;;;;;;;;;;;;;;;;;;;;/h3*(H,3,4)(H,5,6);;;;;;;;;;;;;;;;3*(H2,1,2,3,4);3*1H2;;;;;;;;;;;;;;;;;;;;/q;;;;;;;;5*+3;;;;;;;;;;;;;;;;;;;;;;;;;;;;;;;/p-15. The van der Waals surface area contributed by atoms with Gasteiger partial charge in [-0.1, -0.05) is 0 Å². The molecule has 0 aromatic rings. The van der Waals surface area contributed by atoms with Gasteiger partial charge in [-0.2, -0.15) is 0 Å². The van der Waals surface area contributed by atoms with Crippen molar-refractivity contribution in [3.63, 3.8) is 0 Å². The van der Waals surface area contributed by atoms with Crippen LogP contribution in [0.25, 0.3) is 0 Å². The van der Waals surface area contributed by atoms with Crippen molar-refractivity contribution in [2.24, 2.45) is 0 Å². The predicted molar refractivity (Wildman–Crippen MR) is 153 cm³/mol. The molecule has 51 heavy (non-hydrogen) atoms. The fourth-order valence-corrected chi connectivity index (χ4v) is 0. The largest absolute Gasteiger partial charge is 0.870 e. The summed E-state index contributed by atoms with van der Waals surface area (Å²) < 4.78 is 102. The molecule has 0 fully saturated rings. The van der Waals surface area contributed by atoms with Crippen LogP contribution in [0.3, 0.4) is 0 Å². The third kappa shape index (κ3) is 489. The Kier molecular flexibility index (Phi) is 309. The summed E-state index contributed by atoms with van der Waals surface area (Å²) in [5.74, 6) is -13.1. The van der Waals surface area contributed by atoms with E-state index in [9.17, 15) is 0 Å². The number of rotatable bonds is 0. The van der Waals surface area contributed by atoms with Crippen molar-refractivity contribution < 1.29 is 214 Å². The molecule has 45 heteroatoms. The van der Waals surface area contributed by atoms with Crippen LogP contribution in [0.1, 0.15) is 0 Å². The zero-order valence-corrected chi connectivity index (χ0v) is 25.1. The number of carboxylic acid groups (broad SMARTS) is 6. The Morgan fingerprint density at radius 1 is 0.275 bits per heavy atom. The molecule has 0 amide bonds. The second-order valence-corrected chi connectivity index (χ2v) is 5.40. The van der Waals surface area contributed by atoms with E-state index in [1.165, 1.54) is 0 Å². The van der Waals surface area contributed by atoms with Gasteiger partial charge >= 0.3 is 233 Å². The molecule has 0 aliphatic carbocycles. The molecule has 0 aliphatic heterocycles. The Morgan fingerprint density at radius 2 is 0.294 bits per heavy atom. The van der Waals surface area contributed by atoms with Crippen molar-refractivity contribution in [1.82, 2.24) is 0 Å². The van der Waals surface area contributed by atoms with Gasteiger partial charge in [0.1, 0.15) is 0 Å². The molecule has 0 saturated heterocycles. The van der Waals surface area contributed by atoms with Crippen molar-refractivity contribution >= 4 is 302 Å². The zero-order chi connectivity index (χ0) is 29.0. The molecule has 287 valence electrons. The zero-order valence-electron chi connectivity index (χ0n) is 17.1. The first-order chi connectivity index (χ1) is 13.9. The normalized spacial score (nSPS) is 6.00. The van der Waals surface area contributed by atoms with E-state index in [0.29, 0.717) is 0 Å². The van der Waals surface area contributed by atoms with Gasteiger partial charge in [-0.15, -0.1) is 0 Å². The maximum absolute atomic E-state index is 8.93. The first kappa shape index (κ1) is 163. The smallest absolute Gasteiger partial charge is 0.870 e. The number of hydrogen-bond acceptors (Lipinski definition) is 27. The maximum Gasteiger partial charge on any atom is -0.870 e. The van der Waals surface area contributed by atoms with E-state index in [4.69, 9.17) is 112 Å². The summed E-state index contributed by atoms with van der Waals surface area (Å²) in [5.41, 5.74) is 0. The van der Waals surface area contributed by atoms with Gasteiger partial charge in [-0.25, -0.2) is 0 Å². The van der Waals surface area contributed by atoms with Gasteiger partial charge in [0.15, 0.2) is 86.8 Å². The molecule has 0 atom stereocenters. The van der Waals surface area contributed by atoms with Gasteiger partial charge in [-0.05, 0) is 0 Å². The molecule has 0 bridgehead atoms. The van der Waals surface area contributed by atoms with Crippen LogP contribution in [-0.4, -0.2) is 339 Å². The van der Waals surface area contributed by atoms with Gasteiger partial charge in [0.05, 0.1) is 35.8 Å². The molecule has 27 nitrogen and oxygen atoms in total. The number of aliphatic carboxylic acids is 6. The topological polar surface area (TPSA) is 572 Å². The minimum absolute atomic E-state index is 0. The molecule has 0 unspecified atom stereocenters. The summed E-state index contributed by atoms with van der Waals surface area (Å²) >= 11 is 0. The van der Waals surface area contributed by atoms with Gasteiger partial charge < -0.3 is 103 Å². The maximum atomic E-state index is 8.93. The van der Waals surface area contributed by atoms with E-state index < -0.39 is 67.0 Å². The van der Waals surface area contributed by atoms with Gasteiger partial charge in [0, 0.05) is 31.2 Å². The molecule has 0 saturated carbocycles. The molecular formula is C6H23Al5Fe5Na5O27S3. The first-order valence-electron chi connectivity index (χ1n) is 5.20. The number of carbonyl (C=O) groups excluding carboxylic acids is 6. The minimum Gasteiger partial charge on any atom is -0.870 e. The van der Waals surface area contributed by atoms with E-state index in [2.05, 4.69) is 0 Å². The van der Waals surface area contributed by atoms with Gasteiger partial charge in [0.25, 0.3) is 0 Å². The third-order valence-corrected chi connectivity index (χ3v) is 0.500. The monoisotopic (exact) mass is 1150 g/mol. The van der Waals surface area contributed by atoms with Crippen LogP contribution in [0.5, 0.6) is 0 Å². The molecule has 0 heterocycles. The summed E-state index contributed by atoms with van der Waals surface area (Å²) in [5, 5.41) is 53.6. The summed E-state index contributed by atoms with van der Waals surface area (Å²) in [6.07, 6.45) is 0. The minimum atomic E-state index is -5.17. The third-order valence-electron chi connectivity index (χ3n) is 0.500. The Labute approximate surface area is 505 Å². The van der Waals surface area contributed by atoms with Crippen LogP contribution in [0.15, 0.2) is 0 Å². The summed E-state index contributed by atoms with van der Waals surface area (Å²) in [6.45, 7) is 0. The van der Waals surface area contributed by atoms with Gasteiger partial charge in [-0.3, -0.25) is 25.3 Å². The SMILES string of the molecule is O=C([O-])C(=O)[O-].O=C([O-])C(=O)[O-].O=C([O-])C(=O)[O-].O=S(=O)([O-])[O-].O=S(=O)([O-])[O-].O=S(=O)([O-])[O-].[AlH3].[AlH3].[AlH3].[AlH3].[AlH3].[Fe+3].[Fe+3].[Fe+3].[Fe+3].[Fe+3].[NaH].[NaH].[NaH].[NaH].[NaH].[OH-].[OH-].[OH-]. The van der Waals surface area contributed by atoms with E-state index in [1.807, 2.05) is 0 Å². The van der Waals surface area contributed by atoms with Crippen LogP contribution in [0.2, 0.25) is 0 Å². The molecular weight excluding hydrogens is 1130 g/mol. The fourth-order valence-electron chi connectivity index (χ4n) is 0. The Morgan fingerprint density at radius 3 is 0.294 bits per heavy atom. The molecule has 0 aliphatic rings. The molecule has 3 N–H and O–H groups in total. The predicted octanol–water partition coefficient (Wildman–Crippen LogP) is -24.3. The van der Waals surface area contributed by atoms with Crippen LogP contribution in [0, 0.1) is 0 Å². The second kappa shape index (κ2) is 96.4. The Balaban J connectivity index is -0.00000000729. The van der Waals surface area contributed by atoms with Crippen molar-refractivity contribution in [3.05, 3.63) is 0 Å². The van der Waals surface area contributed by atoms with Crippen molar-refractivity contribution in [2.45, 2.75) is 0 Å². The Bertz CT molecular complexity index is 842. The molecule has 0 rings (SSSR count). The number of carbonyl (C=O) groups is 6. The van der Waals surface area contributed by atoms with E-state index >= 15 is 0 Å². The molecule has 0 aromatic carbocycles. The average molecular weight is 1150 g/mol. The number of hydrogen-bond donors (Lipinski definition) is 0. The Hall–Kier alpha value is 6.57. The number of carboxylic acids is 6. The fraction of sp³-hybridized carbons (Fsp3) is 0. The van der Waals surface area contributed by atoms with E-state index in [1.54, 1.807) is 0 Å². The quantitative estimate of drug-likeness (QED) is 0.0940. The first-order valence-corrected chi connectivity index (χ1v) is 9.20. The van der Waals surface area contributed by atoms with Crippen molar-refractivity contribution in [2.75, 3.05) is 0 Å². The summed E-state index contributed by atoms with van der Waals surface area (Å²) in [4.78, 5) is 53.6. The van der Waals surface area contributed by atoms with Crippen LogP contribution in [0.4, 0.5) is 0 Å². The second-order valence-electron chi connectivity index (χ2n) is 2.95.